The molecule has 11 heteroatoms. The molecule has 1 aliphatic rings. The van der Waals surface area contributed by atoms with Crippen LogP contribution < -0.4 is 10.6 Å². The van der Waals surface area contributed by atoms with E-state index in [1.165, 1.54) is 4.90 Å². The maximum Gasteiger partial charge on any atom is 0.408 e. The van der Waals surface area contributed by atoms with Crippen LogP contribution in [0, 0.1) is 0 Å². The Morgan fingerprint density at radius 1 is 1.03 bits per heavy atom. The summed E-state index contributed by atoms with van der Waals surface area (Å²) in [6, 6.07) is 16.3. The van der Waals surface area contributed by atoms with Gasteiger partial charge < -0.3 is 30.2 Å². The summed E-state index contributed by atoms with van der Waals surface area (Å²) >= 11 is 0. The maximum atomic E-state index is 13.3. The summed E-state index contributed by atoms with van der Waals surface area (Å²) < 4.78 is 5.28. The lowest BCUT2D eigenvalue weighted by Crippen LogP contribution is -2.53. The third-order valence-corrected chi connectivity index (χ3v) is 5.79. The van der Waals surface area contributed by atoms with E-state index in [0.29, 0.717) is 19.4 Å². The Balaban J connectivity index is 1.69. The predicted octanol–water partition coefficient (Wildman–Crippen LogP) is 0.784. The Bertz CT molecular complexity index is 1080. The van der Waals surface area contributed by atoms with Gasteiger partial charge >= 0.3 is 12.1 Å². The van der Waals surface area contributed by atoms with Crippen molar-refractivity contribution in [2.45, 2.75) is 31.7 Å². The summed E-state index contributed by atoms with van der Waals surface area (Å²) in [6.07, 6.45) is -0.763. The average Bonchev–Trinajstić information content (AvgIpc) is 3.02. The molecule has 0 radical (unpaired) electrons. The normalized spacial score (nSPS) is 16.8. The Morgan fingerprint density at radius 3 is 2.30 bits per heavy atom. The molecule has 1 heterocycles. The number of aldehydes is 1. The molecule has 2 aromatic carbocycles. The lowest BCUT2D eigenvalue weighted by Gasteiger charge is -2.24. The molecule has 1 saturated heterocycles. The Kier molecular flexibility index (Phi) is 10.1. The van der Waals surface area contributed by atoms with E-state index < -0.39 is 48.9 Å². The van der Waals surface area contributed by atoms with E-state index in [1.54, 1.807) is 12.1 Å². The van der Waals surface area contributed by atoms with Crippen molar-refractivity contribution >= 4 is 30.2 Å². The molecule has 0 bridgehead atoms. The Labute approximate surface area is 214 Å². The SMILES string of the molecule is O=CC[C@H](NC(=O)CN1CCN(Cc2ccccc2)C[C@H](NC(=O)OCc2ccccc2)C1=O)C(=O)O. The zero-order chi connectivity index (χ0) is 26.6. The molecule has 0 aromatic heterocycles. The first kappa shape index (κ1) is 27.3. The van der Waals surface area contributed by atoms with Crippen LogP contribution in [0.2, 0.25) is 0 Å². The van der Waals surface area contributed by atoms with Crippen LogP contribution >= 0.6 is 0 Å². The van der Waals surface area contributed by atoms with E-state index in [1.807, 2.05) is 53.4 Å². The van der Waals surface area contributed by atoms with Gasteiger partial charge in [-0.05, 0) is 11.1 Å². The van der Waals surface area contributed by atoms with Crippen molar-refractivity contribution in [3.8, 4) is 0 Å². The highest BCUT2D eigenvalue weighted by atomic mass is 16.5. The summed E-state index contributed by atoms with van der Waals surface area (Å²) in [7, 11) is 0. The summed E-state index contributed by atoms with van der Waals surface area (Å²) in [4.78, 5) is 63.6. The van der Waals surface area contributed by atoms with Crippen LogP contribution in [0.4, 0.5) is 4.79 Å². The van der Waals surface area contributed by atoms with E-state index >= 15 is 0 Å². The van der Waals surface area contributed by atoms with Gasteiger partial charge in [-0.3, -0.25) is 14.5 Å². The van der Waals surface area contributed by atoms with Gasteiger partial charge in [-0.1, -0.05) is 60.7 Å². The number of carboxylic acids is 1. The second-order valence-corrected chi connectivity index (χ2v) is 8.60. The smallest absolute Gasteiger partial charge is 0.408 e. The van der Waals surface area contributed by atoms with Crippen molar-refractivity contribution in [3.05, 3.63) is 71.8 Å². The third-order valence-electron chi connectivity index (χ3n) is 5.79. The number of aliphatic carboxylic acids is 1. The van der Waals surface area contributed by atoms with Gasteiger partial charge in [0.15, 0.2) is 0 Å². The van der Waals surface area contributed by atoms with Gasteiger partial charge in [0.25, 0.3) is 0 Å². The molecule has 0 aliphatic carbocycles. The average molecular weight is 511 g/mol. The zero-order valence-electron chi connectivity index (χ0n) is 20.2. The van der Waals surface area contributed by atoms with Crippen LogP contribution in [0.25, 0.3) is 0 Å². The van der Waals surface area contributed by atoms with Crippen LogP contribution in [0.3, 0.4) is 0 Å². The van der Waals surface area contributed by atoms with Crippen LogP contribution in [0.15, 0.2) is 60.7 Å². The number of ether oxygens (including phenoxy) is 1. The number of nitrogens with one attached hydrogen (secondary N) is 2. The fourth-order valence-electron chi connectivity index (χ4n) is 3.91. The van der Waals surface area contributed by atoms with Gasteiger partial charge in [-0.25, -0.2) is 9.59 Å². The lowest BCUT2D eigenvalue weighted by molar-refractivity contribution is -0.143. The molecule has 3 amide bonds. The Morgan fingerprint density at radius 2 is 1.68 bits per heavy atom. The second kappa shape index (κ2) is 13.7. The minimum absolute atomic E-state index is 0.0285. The van der Waals surface area contributed by atoms with Gasteiger partial charge in [-0.15, -0.1) is 0 Å². The summed E-state index contributed by atoms with van der Waals surface area (Å²) in [5.41, 5.74) is 1.81. The molecule has 2 aromatic rings. The molecule has 2 atom stereocenters. The maximum absolute atomic E-state index is 13.3. The molecule has 0 saturated carbocycles. The third kappa shape index (κ3) is 8.73. The van der Waals surface area contributed by atoms with Crippen LogP contribution in [0.1, 0.15) is 17.5 Å². The van der Waals surface area contributed by atoms with E-state index in [2.05, 4.69) is 10.6 Å². The fourth-order valence-corrected chi connectivity index (χ4v) is 3.91. The lowest BCUT2D eigenvalue weighted by atomic mass is 10.2. The minimum atomic E-state index is -1.39. The van der Waals surface area contributed by atoms with Gasteiger partial charge in [-0.2, -0.15) is 0 Å². The highest BCUT2D eigenvalue weighted by Gasteiger charge is 2.33. The predicted molar refractivity (Wildman–Crippen MR) is 132 cm³/mol. The summed E-state index contributed by atoms with van der Waals surface area (Å²) in [5.74, 6) is -2.56. The highest BCUT2D eigenvalue weighted by Crippen LogP contribution is 2.11. The van der Waals surface area contributed by atoms with E-state index in [4.69, 9.17) is 4.74 Å². The highest BCUT2D eigenvalue weighted by molar-refractivity contribution is 5.91. The Hall–Kier alpha value is -4.25. The number of hydrogen-bond acceptors (Lipinski definition) is 7. The van der Waals surface area contributed by atoms with Gasteiger partial charge in [0.1, 0.15) is 25.0 Å². The molecule has 3 N–H and O–H groups in total. The zero-order valence-corrected chi connectivity index (χ0v) is 20.2. The number of hydrogen-bond donors (Lipinski definition) is 3. The number of nitrogens with zero attached hydrogens (tertiary/aromatic N) is 2. The molecule has 0 unspecified atom stereocenters. The number of carbonyl (C=O) groups excluding carboxylic acids is 4. The molecule has 196 valence electrons. The van der Waals surface area contributed by atoms with Gasteiger partial charge in [0, 0.05) is 32.6 Å². The van der Waals surface area contributed by atoms with E-state index in [-0.39, 0.29) is 19.7 Å². The van der Waals surface area contributed by atoms with Crippen molar-refractivity contribution in [1.29, 1.82) is 0 Å². The molecule has 0 spiro atoms. The minimum Gasteiger partial charge on any atom is -0.480 e. The summed E-state index contributed by atoms with van der Waals surface area (Å²) in [5, 5.41) is 14.1. The number of alkyl carbamates (subject to hydrolysis) is 1. The number of benzene rings is 2. The van der Waals surface area contributed by atoms with Crippen molar-refractivity contribution in [3.63, 3.8) is 0 Å². The quantitative estimate of drug-likeness (QED) is 0.376. The van der Waals surface area contributed by atoms with Crippen molar-refractivity contribution in [1.82, 2.24) is 20.4 Å². The molecule has 37 heavy (non-hydrogen) atoms. The molecule has 1 fully saturated rings. The topological polar surface area (TPSA) is 145 Å². The van der Waals surface area contributed by atoms with Crippen molar-refractivity contribution in [2.24, 2.45) is 0 Å². The molecule has 3 rings (SSSR count). The first-order valence-electron chi connectivity index (χ1n) is 11.8. The number of carboxylic acid groups (broad SMARTS) is 1. The van der Waals surface area contributed by atoms with Crippen molar-refractivity contribution < 1.29 is 33.8 Å². The van der Waals surface area contributed by atoms with Gasteiger partial charge in [0.05, 0.1) is 6.54 Å². The molecular formula is C26H30N4O7. The van der Waals surface area contributed by atoms with Crippen molar-refractivity contribution in [2.75, 3.05) is 26.2 Å². The van der Waals surface area contributed by atoms with Crippen LogP contribution in [-0.4, -0.2) is 83.3 Å². The van der Waals surface area contributed by atoms with E-state index in [0.717, 1.165) is 11.1 Å². The fraction of sp³-hybridized carbons (Fsp3) is 0.346. The first-order chi connectivity index (χ1) is 17.9. The number of amides is 3. The molecular weight excluding hydrogens is 480 g/mol. The van der Waals surface area contributed by atoms with Crippen LogP contribution in [0.5, 0.6) is 0 Å². The first-order valence-corrected chi connectivity index (χ1v) is 11.8. The monoisotopic (exact) mass is 510 g/mol. The molecule has 11 nitrogen and oxygen atoms in total. The second-order valence-electron chi connectivity index (χ2n) is 8.60. The largest absolute Gasteiger partial charge is 0.480 e. The standard InChI is InChI=1S/C26H30N4O7/c31-14-11-21(25(34)35)27-23(32)17-30-13-12-29(15-19-7-3-1-4-8-19)16-22(24(30)33)28-26(36)37-18-20-9-5-2-6-10-20/h1-10,14,21-22H,11-13,15-18H2,(H,27,32)(H,28,36)(H,34,35)/t21-,22-/m0/s1. The van der Waals surface area contributed by atoms with Crippen LogP contribution in [-0.2, 0) is 37.1 Å². The summed E-state index contributed by atoms with van der Waals surface area (Å²) in [6.45, 7) is 0.920. The molecule has 1 aliphatic heterocycles. The number of rotatable bonds is 11. The van der Waals surface area contributed by atoms with E-state index in [9.17, 15) is 29.1 Å². The number of carbonyl (C=O) groups is 5. The van der Waals surface area contributed by atoms with Gasteiger partial charge in [0.2, 0.25) is 11.8 Å².